The fraction of sp³-hybridized carbons (Fsp3) is 0.136. The number of benzene rings is 2. The minimum atomic E-state index is -0.166. The second-order valence-corrected chi connectivity index (χ2v) is 6.64. The molecule has 146 valence electrons. The molecule has 2 aromatic carbocycles. The second kappa shape index (κ2) is 8.02. The van der Waals surface area contributed by atoms with Crippen molar-refractivity contribution >= 4 is 28.3 Å². The highest BCUT2D eigenvalue weighted by atomic mass is 16.5. The Bertz CT molecular complexity index is 1140. The number of amides is 1. The van der Waals surface area contributed by atoms with Crippen LogP contribution in [0.3, 0.4) is 0 Å². The van der Waals surface area contributed by atoms with E-state index in [0.717, 1.165) is 33.7 Å². The first-order valence-electron chi connectivity index (χ1n) is 9.17. The number of hydrogen-bond donors (Lipinski definition) is 2. The van der Waals surface area contributed by atoms with E-state index in [9.17, 15) is 4.79 Å². The summed E-state index contributed by atoms with van der Waals surface area (Å²) in [5, 5.41) is 6.30. The molecule has 0 aliphatic rings. The van der Waals surface area contributed by atoms with Crippen LogP contribution in [-0.2, 0) is 13.6 Å². The second-order valence-electron chi connectivity index (χ2n) is 6.64. The Balaban J connectivity index is 1.62. The number of ether oxygens (including phenoxy) is 1. The molecule has 0 bridgehead atoms. The zero-order valence-corrected chi connectivity index (χ0v) is 16.2. The number of pyridine rings is 1. The number of carbonyl (C=O) groups excluding carboxylic acids is 1. The molecule has 4 rings (SSSR count). The molecule has 0 saturated heterocycles. The number of anilines is 2. The van der Waals surface area contributed by atoms with Gasteiger partial charge in [0, 0.05) is 37.4 Å². The van der Waals surface area contributed by atoms with Crippen LogP contribution in [0.15, 0.2) is 67.3 Å². The summed E-state index contributed by atoms with van der Waals surface area (Å²) in [6.45, 7) is 0.405. The predicted molar refractivity (Wildman–Crippen MR) is 112 cm³/mol. The Kier molecular flexibility index (Phi) is 5.11. The van der Waals surface area contributed by atoms with E-state index in [1.807, 2.05) is 60.1 Å². The number of aromatic nitrogens is 3. The van der Waals surface area contributed by atoms with Gasteiger partial charge in [-0.05, 0) is 48.0 Å². The quantitative estimate of drug-likeness (QED) is 0.528. The van der Waals surface area contributed by atoms with Crippen molar-refractivity contribution in [3.8, 4) is 5.75 Å². The number of nitrogens with zero attached hydrogens (tertiary/aromatic N) is 3. The first kappa shape index (κ1) is 18.5. The Morgan fingerprint density at radius 1 is 1.14 bits per heavy atom. The number of rotatable bonds is 6. The number of aryl methyl sites for hydroxylation is 1. The minimum absolute atomic E-state index is 0.166. The summed E-state index contributed by atoms with van der Waals surface area (Å²) >= 11 is 0. The van der Waals surface area contributed by atoms with Gasteiger partial charge in [0.05, 0.1) is 30.0 Å². The van der Waals surface area contributed by atoms with Crippen molar-refractivity contribution in [2.75, 3.05) is 12.4 Å². The van der Waals surface area contributed by atoms with Gasteiger partial charge >= 0.3 is 0 Å². The molecule has 0 saturated carbocycles. The topological polar surface area (TPSA) is 81.1 Å². The minimum Gasteiger partial charge on any atom is -0.497 e. The molecule has 0 unspecified atom stereocenters. The van der Waals surface area contributed by atoms with Gasteiger partial charge in [0.1, 0.15) is 5.75 Å². The highest BCUT2D eigenvalue weighted by Crippen LogP contribution is 2.26. The van der Waals surface area contributed by atoms with Crippen molar-refractivity contribution in [3.05, 3.63) is 78.4 Å². The fourth-order valence-electron chi connectivity index (χ4n) is 3.16. The van der Waals surface area contributed by atoms with Gasteiger partial charge in [0.15, 0.2) is 0 Å². The van der Waals surface area contributed by atoms with Crippen molar-refractivity contribution in [1.82, 2.24) is 19.9 Å². The van der Waals surface area contributed by atoms with E-state index in [2.05, 4.69) is 20.6 Å². The van der Waals surface area contributed by atoms with Crippen LogP contribution in [0, 0.1) is 0 Å². The van der Waals surface area contributed by atoms with E-state index < -0.39 is 0 Å². The number of carbonyl (C=O) groups is 1. The van der Waals surface area contributed by atoms with Crippen LogP contribution in [0.4, 0.5) is 11.4 Å². The molecular weight excluding hydrogens is 366 g/mol. The molecule has 29 heavy (non-hydrogen) atoms. The van der Waals surface area contributed by atoms with E-state index in [1.54, 1.807) is 25.8 Å². The Morgan fingerprint density at radius 3 is 2.69 bits per heavy atom. The SMILES string of the molecule is COc1ccc(Nc2cc(C(=O)NCc3cccnc3)c3c(c2)ncn3C)cc1. The Hall–Kier alpha value is -3.87. The van der Waals surface area contributed by atoms with Crippen LogP contribution in [-0.4, -0.2) is 27.6 Å². The van der Waals surface area contributed by atoms with E-state index in [4.69, 9.17) is 4.74 Å². The highest BCUT2D eigenvalue weighted by Gasteiger charge is 2.15. The van der Waals surface area contributed by atoms with Crippen LogP contribution in [0.2, 0.25) is 0 Å². The third-order valence-electron chi connectivity index (χ3n) is 4.61. The third-order valence-corrected chi connectivity index (χ3v) is 4.61. The largest absolute Gasteiger partial charge is 0.497 e. The molecule has 0 aliphatic carbocycles. The third kappa shape index (κ3) is 4.03. The van der Waals surface area contributed by atoms with Gasteiger partial charge in [0.25, 0.3) is 5.91 Å². The molecule has 2 N–H and O–H groups in total. The molecule has 0 fully saturated rings. The van der Waals surface area contributed by atoms with E-state index >= 15 is 0 Å². The smallest absolute Gasteiger partial charge is 0.253 e. The zero-order valence-electron chi connectivity index (χ0n) is 16.2. The first-order valence-corrected chi connectivity index (χ1v) is 9.17. The lowest BCUT2D eigenvalue weighted by atomic mass is 10.1. The lowest BCUT2D eigenvalue weighted by Crippen LogP contribution is -2.23. The normalized spacial score (nSPS) is 10.7. The fourth-order valence-corrected chi connectivity index (χ4v) is 3.16. The van der Waals surface area contributed by atoms with Gasteiger partial charge in [-0.15, -0.1) is 0 Å². The molecular formula is C22H21N5O2. The van der Waals surface area contributed by atoms with Crippen molar-refractivity contribution in [2.45, 2.75) is 6.54 Å². The summed E-state index contributed by atoms with van der Waals surface area (Å²) in [4.78, 5) is 21.5. The van der Waals surface area contributed by atoms with Crippen LogP contribution >= 0.6 is 0 Å². The lowest BCUT2D eigenvalue weighted by Gasteiger charge is -2.12. The zero-order chi connectivity index (χ0) is 20.2. The Labute approximate surface area is 168 Å². The Morgan fingerprint density at radius 2 is 1.97 bits per heavy atom. The standard InChI is InChI=1S/C22H21N5O2/c1-27-14-25-20-11-17(26-16-5-7-18(29-2)8-6-16)10-19(21(20)27)22(28)24-13-15-4-3-9-23-12-15/h3-12,14,26H,13H2,1-2H3,(H,24,28). The maximum absolute atomic E-state index is 13.0. The van der Waals surface area contributed by atoms with Gasteiger partial charge in [-0.1, -0.05) is 6.07 Å². The number of hydrogen-bond acceptors (Lipinski definition) is 5. The van der Waals surface area contributed by atoms with Gasteiger partial charge in [-0.2, -0.15) is 0 Å². The van der Waals surface area contributed by atoms with Crippen LogP contribution in [0.25, 0.3) is 11.0 Å². The van der Waals surface area contributed by atoms with Gasteiger partial charge < -0.3 is 19.9 Å². The van der Waals surface area contributed by atoms with Crippen molar-refractivity contribution in [2.24, 2.45) is 7.05 Å². The molecule has 7 nitrogen and oxygen atoms in total. The molecule has 2 aromatic heterocycles. The summed E-state index contributed by atoms with van der Waals surface area (Å²) in [6, 6.07) is 15.1. The molecule has 4 aromatic rings. The summed E-state index contributed by atoms with van der Waals surface area (Å²) in [7, 11) is 3.51. The molecule has 2 heterocycles. The monoisotopic (exact) mass is 387 g/mol. The molecule has 7 heteroatoms. The summed E-state index contributed by atoms with van der Waals surface area (Å²) in [5.74, 6) is 0.618. The summed E-state index contributed by atoms with van der Waals surface area (Å²) < 4.78 is 7.05. The van der Waals surface area contributed by atoms with Crippen molar-refractivity contribution in [3.63, 3.8) is 0 Å². The molecule has 1 amide bonds. The average molecular weight is 387 g/mol. The first-order chi connectivity index (χ1) is 14.1. The van der Waals surface area contributed by atoms with Gasteiger partial charge in [-0.25, -0.2) is 4.98 Å². The van der Waals surface area contributed by atoms with Gasteiger partial charge in [-0.3, -0.25) is 9.78 Å². The van der Waals surface area contributed by atoms with Crippen LogP contribution in [0.5, 0.6) is 5.75 Å². The number of imidazole rings is 1. The van der Waals surface area contributed by atoms with E-state index in [-0.39, 0.29) is 5.91 Å². The summed E-state index contributed by atoms with van der Waals surface area (Å²) in [6.07, 6.45) is 5.15. The molecule has 0 atom stereocenters. The van der Waals surface area contributed by atoms with E-state index in [1.165, 1.54) is 0 Å². The van der Waals surface area contributed by atoms with Crippen molar-refractivity contribution in [1.29, 1.82) is 0 Å². The van der Waals surface area contributed by atoms with E-state index in [0.29, 0.717) is 12.1 Å². The molecule has 0 radical (unpaired) electrons. The maximum atomic E-state index is 13.0. The average Bonchev–Trinajstić information content (AvgIpc) is 3.13. The maximum Gasteiger partial charge on any atom is 0.253 e. The number of fused-ring (bicyclic) bond motifs is 1. The number of methoxy groups -OCH3 is 1. The summed E-state index contributed by atoms with van der Waals surface area (Å²) in [5.41, 5.74) is 4.71. The van der Waals surface area contributed by atoms with Gasteiger partial charge in [0.2, 0.25) is 0 Å². The molecule has 0 spiro atoms. The predicted octanol–water partition coefficient (Wildman–Crippen LogP) is 3.65. The van der Waals surface area contributed by atoms with Crippen LogP contribution < -0.4 is 15.4 Å². The van der Waals surface area contributed by atoms with Crippen LogP contribution in [0.1, 0.15) is 15.9 Å². The number of nitrogens with one attached hydrogen (secondary N) is 2. The molecule has 0 aliphatic heterocycles. The van der Waals surface area contributed by atoms with Crippen molar-refractivity contribution < 1.29 is 9.53 Å². The lowest BCUT2D eigenvalue weighted by molar-refractivity contribution is 0.0952. The highest BCUT2D eigenvalue weighted by molar-refractivity contribution is 6.06.